The second-order valence-electron chi connectivity index (χ2n) is 5.23. The van der Waals surface area contributed by atoms with Crippen molar-refractivity contribution in [3.05, 3.63) is 0 Å². The van der Waals surface area contributed by atoms with Crippen LogP contribution in [0.2, 0.25) is 0 Å². The van der Waals surface area contributed by atoms with Gasteiger partial charge in [0.2, 0.25) is 0 Å². The third kappa shape index (κ3) is 3.25. The molecular weight excluding hydrogens is 166 g/mol. The summed E-state index contributed by atoms with van der Waals surface area (Å²) in [5.74, 6) is 0. The molecule has 13 heavy (non-hydrogen) atoms. The van der Waals surface area contributed by atoms with Gasteiger partial charge in [-0.2, -0.15) is 0 Å². The maximum Gasteiger partial charge on any atom is 0.0554 e. The first-order chi connectivity index (χ1) is 5.97. The number of nitrogens with one attached hydrogen (secondary N) is 1. The fourth-order valence-electron chi connectivity index (χ4n) is 1.31. The highest BCUT2D eigenvalue weighted by molar-refractivity contribution is 4.84. The van der Waals surface area contributed by atoms with E-state index in [1.165, 1.54) is 0 Å². The van der Waals surface area contributed by atoms with E-state index in [-0.39, 0.29) is 12.0 Å². The van der Waals surface area contributed by atoms with Crippen LogP contribution in [0.25, 0.3) is 0 Å². The van der Waals surface area contributed by atoms with E-state index in [1.807, 2.05) is 0 Å². The van der Waals surface area contributed by atoms with Crippen molar-refractivity contribution in [1.82, 2.24) is 5.32 Å². The van der Waals surface area contributed by atoms with Gasteiger partial charge in [-0.05, 0) is 0 Å². The maximum atomic E-state index is 9.03. The first kappa shape index (κ1) is 11.0. The lowest BCUT2D eigenvalue weighted by atomic mass is 9.88. The Morgan fingerprint density at radius 3 is 2.46 bits per heavy atom. The molecule has 78 valence electrons. The van der Waals surface area contributed by atoms with Gasteiger partial charge in [-0.15, -0.1) is 0 Å². The molecule has 0 aromatic rings. The summed E-state index contributed by atoms with van der Waals surface area (Å²) in [5, 5.41) is 12.4. The van der Waals surface area contributed by atoms with Crippen LogP contribution in [-0.4, -0.2) is 38.0 Å². The van der Waals surface area contributed by atoms with Crippen LogP contribution in [0, 0.1) is 10.8 Å². The van der Waals surface area contributed by atoms with Gasteiger partial charge in [0, 0.05) is 30.5 Å². The van der Waals surface area contributed by atoms with Crippen molar-refractivity contribution in [1.29, 1.82) is 0 Å². The molecule has 3 nitrogen and oxygen atoms in total. The van der Waals surface area contributed by atoms with Crippen molar-refractivity contribution in [2.24, 2.45) is 10.8 Å². The summed E-state index contributed by atoms with van der Waals surface area (Å²) in [7, 11) is 0. The van der Waals surface area contributed by atoms with Gasteiger partial charge in [0.1, 0.15) is 0 Å². The molecule has 0 bridgehead atoms. The van der Waals surface area contributed by atoms with Crippen molar-refractivity contribution in [3.63, 3.8) is 0 Å². The minimum Gasteiger partial charge on any atom is -0.396 e. The van der Waals surface area contributed by atoms with E-state index in [9.17, 15) is 0 Å². The molecule has 0 saturated carbocycles. The number of ether oxygens (including phenoxy) is 1. The predicted molar refractivity (Wildman–Crippen MR) is 52.7 cm³/mol. The van der Waals surface area contributed by atoms with E-state index in [4.69, 9.17) is 9.84 Å². The molecule has 1 saturated heterocycles. The van der Waals surface area contributed by atoms with Crippen LogP contribution >= 0.6 is 0 Å². The van der Waals surface area contributed by atoms with Gasteiger partial charge < -0.3 is 15.2 Å². The zero-order chi connectivity index (χ0) is 9.95. The number of aliphatic hydroxyl groups excluding tert-OH is 1. The fraction of sp³-hybridized carbons (Fsp3) is 1.00. The molecule has 1 fully saturated rings. The van der Waals surface area contributed by atoms with Crippen molar-refractivity contribution in [2.75, 3.05) is 32.9 Å². The molecule has 0 spiro atoms. The van der Waals surface area contributed by atoms with Crippen molar-refractivity contribution < 1.29 is 9.84 Å². The largest absolute Gasteiger partial charge is 0.396 e. The highest BCUT2D eigenvalue weighted by Gasteiger charge is 2.33. The molecule has 1 rings (SSSR count). The molecule has 0 unspecified atom stereocenters. The Hall–Kier alpha value is -0.120. The van der Waals surface area contributed by atoms with Gasteiger partial charge in [0.15, 0.2) is 0 Å². The normalized spacial score (nSPS) is 21.2. The molecular formula is C10H21NO2. The number of rotatable bonds is 5. The SMILES string of the molecule is CC(C)(CO)CNCC1(C)COC1. The average Bonchev–Trinajstić information content (AvgIpc) is 2.01. The van der Waals surface area contributed by atoms with Gasteiger partial charge in [0.25, 0.3) is 0 Å². The summed E-state index contributed by atoms with van der Waals surface area (Å²) in [6.45, 7) is 10.1. The highest BCUT2D eigenvalue weighted by atomic mass is 16.5. The second kappa shape index (κ2) is 3.95. The first-order valence-corrected chi connectivity index (χ1v) is 4.87. The van der Waals surface area contributed by atoms with Gasteiger partial charge in [-0.25, -0.2) is 0 Å². The van der Waals surface area contributed by atoms with Crippen LogP contribution in [0.5, 0.6) is 0 Å². The zero-order valence-corrected chi connectivity index (χ0v) is 8.89. The van der Waals surface area contributed by atoms with E-state index in [2.05, 4.69) is 26.1 Å². The Morgan fingerprint density at radius 2 is 2.08 bits per heavy atom. The Bertz CT molecular complexity index is 153. The van der Waals surface area contributed by atoms with E-state index in [0.29, 0.717) is 5.41 Å². The van der Waals surface area contributed by atoms with Crippen LogP contribution in [0.15, 0.2) is 0 Å². The number of hydrogen-bond acceptors (Lipinski definition) is 3. The molecule has 0 aliphatic carbocycles. The maximum absolute atomic E-state index is 9.03. The van der Waals surface area contributed by atoms with E-state index in [0.717, 1.165) is 26.3 Å². The van der Waals surface area contributed by atoms with Gasteiger partial charge >= 0.3 is 0 Å². The highest BCUT2D eigenvalue weighted by Crippen LogP contribution is 2.25. The fourth-order valence-corrected chi connectivity index (χ4v) is 1.31. The Balaban J connectivity index is 2.13. The van der Waals surface area contributed by atoms with E-state index < -0.39 is 0 Å². The second-order valence-corrected chi connectivity index (χ2v) is 5.23. The molecule has 2 N–H and O–H groups in total. The lowest BCUT2D eigenvalue weighted by Gasteiger charge is -2.39. The van der Waals surface area contributed by atoms with Gasteiger partial charge in [0.05, 0.1) is 13.2 Å². The molecule has 3 heteroatoms. The van der Waals surface area contributed by atoms with Crippen LogP contribution in [0.3, 0.4) is 0 Å². The van der Waals surface area contributed by atoms with Crippen LogP contribution < -0.4 is 5.32 Å². The summed E-state index contributed by atoms with van der Waals surface area (Å²) in [6, 6.07) is 0. The Labute approximate surface area is 80.5 Å². The summed E-state index contributed by atoms with van der Waals surface area (Å²) < 4.78 is 5.16. The quantitative estimate of drug-likeness (QED) is 0.663. The third-order valence-corrected chi connectivity index (χ3v) is 2.48. The smallest absolute Gasteiger partial charge is 0.0554 e. The monoisotopic (exact) mass is 187 g/mol. The summed E-state index contributed by atoms with van der Waals surface area (Å²) >= 11 is 0. The summed E-state index contributed by atoms with van der Waals surface area (Å²) in [4.78, 5) is 0. The Kier molecular flexibility index (Phi) is 3.33. The van der Waals surface area contributed by atoms with Gasteiger partial charge in [-0.3, -0.25) is 0 Å². The lowest BCUT2D eigenvalue weighted by molar-refractivity contribution is -0.0998. The van der Waals surface area contributed by atoms with Crippen LogP contribution in [0.1, 0.15) is 20.8 Å². The minimum absolute atomic E-state index is 0.0129. The number of aliphatic hydroxyl groups is 1. The summed E-state index contributed by atoms with van der Waals surface area (Å²) in [6.07, 6.45) is 0. The van der Waals surface area contributed by atoms with Crippen molar-refractivity contribution in [2.45, 2.75) is 20.8 Å². The summed E-state index contributed by atoms with van der Waals surface area (Å²) in [5.41, 5.74) is 0.312. The molecule has 0 aromatic heterocycles. The third-order valence-electron chi connectivity index (χ3n) is 2.48. The Morgan fingerprint density at radius 1 is 1.46 bits per heavy atom. The molecule has 0 radical (unpaired) electrons. The van der Waals surface area contributed by atoms with Crippen LogP contribution in [-0.2, 0) is 4.74 Å². The topological polar surface area (TPSA) is 41.5 Å². The van der Waals surface area contributed by atoms with Crippen molar-refractivity contribution >= 4 is 0 Å². The molecule has 0 amide bonds. The molecule has 0 atom stereocenters. The molecule has 1 aliphatic heterocycles. The van der Waals surface area contributed by atoms with E-state index in [1.54, 1.807) is 0 Å². The van der Waals surface area contributed by atoms with Crippen LogP contribution in [0.4, 0.5) is 0 Å². The van der Waals surface area contributed by atoms with E-state index >= 15 is 0 Å². The lowest BCUT2D eigenvalue weighted by Crippen LogP contribution is -2.49. The zero-order valence-electron chi connectivity index (χ0n) is 8.89. The molecule has 1 aliphatic rings. The number of hydrogen-bond donors (Lipinski definition) is 2. The minimum atomic E-state index is -0.0129. The predicted octanol–water partition coefficient (Wildman–Crippen LogP) is 0.631. The first-order valence-electron chi connectivity index (χ1n) is 4.87. The molecule has 0 aromatic carbocycles. The molecule has 1 heterocycles. The standard InChI is InChI=1S/C10H21NO2/c1-9(2,6-12)4-11-5-10(3)7-13-8-10/h11-12H,4-8H2,1-3H3. The average molecular weight is 187 g/mol. The van der Waals surface area contributed by atoms with Gasteiger partial charge in [-0.1, -0.05) is 20.8 Å². The van der Waals surface area contributed by atoms with Crippen molar-refractivity contribution in [3.8, 4) is 0 Å².